The van der Waals surface area contributed by atoms with Crippen molar-refractivity contribution in [2.75, 3.05) is 0 Å². The highest BCUT2D eigenvalue weighted by atomic mass is 16.1. The predicted octanol–water partition coefficient (Wildman–Crippen LogP) is 1.89. The summed E-state index contributed by atoms with van der Waals surface area (Å²) in [6.07, 6.45) is 6.98. The molecule has 0 aliphatic heterocycles. The molecule has 0 aromatic heterocycles. The molecule has 1 aliphatic rings. The van der Waals surface area contributed by atoms with Gasteiger partial charge in [0.1, 0.15) is 11.6 Å². The Labute approximate surface area is 72.7 Å². The van der Waals surface area contributed by atoms with Crippen molar-refractivity contribution in [1.82, 2.24) is 0 Å². The highest BCUT2D eigenvalue weighted by molar-refractivity contribution is 5.99. The molecule has 0 aromatic rings. The summed E-state index contributed by atoms with van der Waals surface area (Å²) in [6.45, 7) is 1.47. The number of hydrogen-bond donors (Lipinski definition) is 0. The molecule has 66 valence electrons. The van der Waals surface area contributed by atoms with E-state index >= 15 is 0 Å². The fraction of sp³-hybridized carbons (Fsp3) is 0.600. The molecule has 0 radical (unpaired) electrons. The molecular formula is C10H14O2. The number of rotatable bonds is 3. The lowest BCUT2D eigenvalue weighted by Gasteiger charge is -2.15. The summed E-state index contributed by atoms with van der Waals surface area (Å²) in [5, 5.41) is 0. The predicted molar refractivity (Wildman–Crippen MR) is 46.8 cm³/mol. The summed E-state index contributed by atoms with van der Waals surface area (Å²) in [6, 6.07) is 0. The molecule has 12 heavy (non-hydrogen) atoms. The molecule has 0 heterocycles. The van der Waals surface area contributed by atoms with Gasteiger partial charge < -0.3 is 0 Å². The van der Waals surface area contributed by atoms with Gasteiger partial charge >= 0.3 is 0 Å². The second-order valence-corrected chi connectivity index (χ2v) is 3.33. The molecule has 1 atom stereocenters. The number of Topliss-reactive ketones (excluding diaryl/α,β-unsaturated/α-hetero) is 2. The van der Waals surface area contributed by atoms with Crippen LogP contribution in [0.4, 0.5) is 0 Å². The van der Waals surface area contributed by atoms with Gasteiger partial charge in [-0.25, -0.2) is 0 Å². The van der Waals surface area contributed by atoms with Crippen LogP contribution in [0.25, 0.3) is 0 Å². The molecule has 0 spiro atoms. The maximum absolute atomic E-state index is 11.4. The molecule has 0 amide bonds. The van der Waals surface area contributed by atoms with Crippen LogP contribution in [0.3, 0.4) is 0 Å². The molecule has 0 saturated carbocycles. The van der Waals surface area contributed by atoms with Crippen LogP contribution in [0.2, 0.25) is 0 Å². The lowest BCUT2D eigenvalue weighted by Crippen LogP contribution is -2.17. The van der Waals surface area contributed by atoms with E-state index in [-0.39, 0.29) is 23.9 Å². The normalized spacial score (nSPS) is 22.2. The monoisotopic (exact) mass is 166 g/mol. The van der Waals surface area contributed by atoms with E-state index in [0.29, 0.717) is 0 Å². The fourth-order valence-corrected chi connectivity index (χ4v) is 1.48. The topological polar surface area (TPSA) is 34.1 Å². The minimum Gasteiger partial charge on any atom is -0.300 e. The molecule has 0 N–H and O–H groups in total. The maximum atomic E-state index is 11.4. The number of allylic oxidation sites excluding steroid dienone is 2. The van der Waals surface area contributed by atoms with Gasteiger partial charge in [0.2, 0.25) is 0 Å². The zero-order chi connectivity index (χ0) is 8.97. The first-order chi connectivity index (χ1) is 5.70. The highest BCUT2D eigenvalue weighted by Gasteiger charge is 2.19. The Balaban J connectivity index is 2.41. The van der Waals surface area contributed by atoms with Gasteiger partial charge in [-0.2, -0.15) is 0 Å². The first-order valence-electron chi connectivity index (χ1n) is 4.37. The molecule has 0 fully saturated rings. The Hall–Kier alpha value is -0.920. The molecular weight excluding hydrogens is 152 g/mol. The lowest BCUT2D eigenvalue weighted by molar-refractivity contribution is -0.128. The van der Waals surface area contributed by atoms with Crippen LogP contribution >= 0.6 is 0 Å². The third kappa shape index (κ3) is 2.61. The quantitative estimate of drug-likeness (QED) is 0.474. The molecule has 2 heteroatoms. The molecule has 0 bridgehead atoms. The Morgan fingerprint density at radius 1 is 1.42 bits per heavy atom. The highest BCUT2D eigenvalue weighted by Crippen LogP contribution is 2.20. The molecule has 2 nitrogen and oxygen atoms in total. The van der Waals surface area contributed by atoms with Crippen LogP contribution in [-0.4, -0.2) is 11.6 Å². The zero-order valence-corrected chi connectivity index (χ0v) is 7.38. The summed E-state index contributed by atoms with van der Waals surface area (Å²) in [5.74, 6) is 0.209. The summed E-state index contributed by atoms with van der Waals surface area (Å²) in [5.41, 5.74) is 0. The van der Waals surface area contributed by atoms with E-state index < -0.39 is 0 Å². The molecule has 1 rings (SSSR count). The Morgan fingerprint density at radius 3 is 2.67 bits per heavy atom. The van der Waals surface area contributed by atoms with Gasteiger partial charge in [0.25, 0.3) is 0 Å². The van der Waals surface area contributed by atoms with Gasteiger partial charge in [-0.15, -0.1) is 0 Å². The van der Waals surface area contributed by atoms with Crippen molar-refractivity contribution >= 4 is 11.6 Å². The number of carbonyl (C=O) groups excluding carboxylic acids is 2. The van der Waals surface area contributed by atoms with Crippen molar-refractivity contribution in [2.24, 2.45) is 5.92 Å². The van der Waals surface area contributed by atoms with Crippen molar-refractivity contribution in [2.45, 2.75) is 32.6 Å². The van der Waals surface area contributed by atoms with Crippen molar-refractivity contribution in [3.63, 3.8) is 0 Å². The summed E-state index contributed by atoms with van der Waals surface area (Å²) < 4.78 is 0. The van der Waals surface area contributed by atoms with Crippen molar-refractivity contribution in [3.8, 4) is 0 Å². The minimum absolute atomic E-state index is 0.0189. The number of hydrogen-bond acceptors (Lipinski definition) is 2. The summed E-state index contributed by atoms with van der Waals surface area (Å²) in [4.78, 5) is 22.0. The second kappa shape index (κ2) is 4.19. The average molecular weight is 166 g/mol. The Kier molecular flexibility index (Phi) is 3.20. The summed E-state index contributed by atoms with van der Waals surface area (Å²) in [7, 11) is 0. The van der Waals surface area contributed by atoms with Crippen LogP contribution in [0.5, 0.6) is 0 Å². The van der Waals surface area contributed by atoms with E-state index in [2.05, 4.69) is 6.08 Å². The number of ketones is 2. The van der Waals surface area contributed by atoms with Gasteiger partial charge in [-0.05, 0) is 26.2 Å². The second-order valence-electron chi connectivity index (χ2n) is 3.33. The average Bonchev–Trinajstić information content (AvgIpc) is 2.05. The summed E-state index contributed by atoms with van der Waals surface area (Å²) >= 11 is 0. The van der Waals surface area contributed by atoms with E-state index in [9.17, 15) is 9.59 Å². The first-order valence-corrected chi connectivity index (χ1v) is 4.37. The maximum Gasteiger partial charge on any atom is 0.143 e. The van der Waals surface area contributed by atoms with Gasteiger partial charge in [-0.1, -0.05) is 12.2 Å². The van der Waals surface area contributed by atoms with Crippen LogP contribution < -0.4 is 0 Å². The first kappa shape index (κ1) is 9.17. The smallest absolute Gasteiger partial charge is 0.143 e. The Bertz CT molecular complexity index is 216. The van der Waals surface area contributed by atoms with Crippen LogP contribution in [0.1, 0.15) is 32.6 Å². The van der Waals surface area contributed by atoms with Crippen LogP contribution in [0.15, 0.2) is 12.2 Å². The molecule has 1 aliphatic carbocycles. The Morgan fingerprint density at radius 2 is 2.17 bits per heavy atom. The van der Waals surface area contributed by atoms with E-state index in [1.54, 1.807) is 0 Å². The van der Waals surface area contributed by atoms with Crippen LogP contribution in [0, 0.1) is 5.92 Å². The lowest BCUT2D eigenvalue weighted by atomic mass is 9.89. The zero-order valence-electron chi connectivity index (χ0n) is 7.38. The van der Waals surface area contributed by atoms with E-state index in [1.165, 1.54) is 6.92 Å². The SMILES string of the molecule is CC(=O)CC(=O)C1CC=CCC1. The minimum atomic E-state index is -0.0189. The van der Waals surface area contributed by atoms with Crippen LogP contribution in [-0.2, 0) is 9.59 Å². The third-order valence-corrected chi connectivity index (χ3v) is 2.15. The fourth-order valence-electron chi connectivity index (χ4n) is 1.48. The van der Waals surface area contributed by atoms with Crippen molar-refractivity contribution in [3.05, 3.63) is 12.2 Å². The van der Waals surface area contributed by atoms with Gasteiger partial charge in [-0.3, -0.25) is 9.59 Å². The van der Waals surface area contributed by atoms with Gasteiger partial charge in [0.05, 0.1) is 6.42 Å². The van der Waals surface area contributed by atoms with E-state index in [1.807, 2.05) is 6.08 Å². The largest absolute Gasteiger partial charge is 0.300 e. The standard InChI is InChI=1S/C10H14O2/c1-8(11)7-10(12)9-5-3-2-4-6-9/h2-3,9H,4-7H2,1H3. The van der Waals surface area contributed by atoms with Crippen molar-refractivity contribution in [1.29, 1.82) is 0 Å². The molecule has 0 saturated heterocycles. The number of carbonyl (C=O) groups is 2. The third-order valence-electron chi connectivity index (χ3n) is 2.15. The molecule has 1 unspecified atom stereocenters. The van der Waals surface area contributed by atoms with Gasteiger partial charge in [0, 0.05) is 5.92 Å². The molecule has 0 aromatic carbocycles. The van der Waals surface area contributed by atoms with Gasteiger partial charge in [0.15, 0.2) is 0 Å². The van der Waals surface area contributed by atoms with E-state index in [4.69, 9.17) is 0 Å². The van der Waals surface area contributed by atoms with Crippen molar-refractivity contribution < 1.29 is 9.59 Å². The van der Waals surface area contributed by atoms with E-state index in [0.717, 1.165) is 19.3 Å².